The summed E-state index contributed by atoms with van der Waals surface area (Å²) in [7, 11) is 0. The molecule has 0 saturated heterocycles. The molecule has 0 spiro atoms. The number of aryl methyl sites for hydroxylation is 1. The second-order valence-electron chi connectivity index (χ2n) is 6.38. The van der Waals surface area contributed by atoms with Crippen LogP contribution >= 0.6 is 11.6 Å². The maximum absolute atomic E-state index is 13.0. The summed E-state index contributed by atoms with van der Waals surface area (Å²) in [4.78, 5) is 36.8. The lowest BCUT2D eigenvalue weighted by molar-refractivity contribution is 0.104. The van der Waals surface area contributed by atoms with Gasteiger partial charge in [0.1, 0.15) is 0 Å². The van der Waals surface area contributed by atoms with Crippen LogP contribution in [0.4, 0.5) is 0 Å². The Balaban J connectivity index is 1.90. The SMILES string of the molecule is O=C(/C=C/c1cnccn1)c1c(-c2ccccc2)c2c([nH]c1=O)CCC(Cl)=C2. The third kappa shape index (κ3) is 3.57. The summed E-state index contributed by atoms with van der Waals surface area (Å²) in [6.07, 6.45) is 10.7. The normalized spacial score (nSPS) is 13.2. The number of ketones is 1. The van der Waals surface area contributed by atoms with Crippen LogP contribution in [0.1, 0.15) is 33.7 Å². The highest BCUT2D eigenvalue weighted by molar-refractivity contribution is 6.32. The Labute approximate surface area is 166 Å². The number of hydrogen-bond acceptors (Lipinski definition) is 4. The molecule has 5 nitrogen and oxygen atoms in total. The number of nitrogens with zero attached hydrogens (tertiary/aromatic N) is 2. The van der Waals surface area contributed by atoms with Gasteiger partial charge in [-0.2, -0.15) is 0 Å². The maximum atomic E-state index is 13.0. The number of aromatic nitrogens is 3. The Hall–Kier alpha value is -3.31. The van der Waals surface area contributed by atoms with Crippen molar-refractivity contribution in [3.05, 3.63) is 92.9 Å². The molecule has 0 bridgehead atoms. The molecule has 1 aromatic carbocycles. The number of H-pyrrole nitrogens is 1. The zero-order chi connectivity index (χ0) is 19.5. The molecular formula is C22H16ClN3O2. The Morgan fingerprint density at radius 1 is 1.14 bits per heavy atom. The van der Waals surface area contributed by atoms with E-state index in [4.69, 9.17) is 11.6 Å². The number of allylic oxidation sites excluding steroid dienone is 2. The molecule has 28 heavy (non-hydrogen) atoms. The van der Waals surface area contributed by atoms with Crippen LogP contribution in [0, 0.1) is 0 Å². The van der Waals surface area contributed by atoms with Gasteiger partial charge in [-0.05, 0) is 36.6 Å². The van der Waals surface area contributed by atoms with Crippen molar-refractivity contribution in [2.45, 2.75) is 12.8 Å². The van der Waals surface area contributed by atoms with E-state index in [-0.39, 0.29) is 5.56 Å². The average Bonchev–Trinajstić information content (AvgIpc) is 2.73. The molecule has 1 aliphatic carbocycles. The molecule has 0 fully saturated rings. The summed E-state index contributed by atoms with van der Waals surface area (Å²) < 4.78 is 0. The number of nitrogens with one attached hydrogen (secondary N) is 1. The fourth-order valence-corrected chi connectivity index (χ4v) is 3.48. The molecule has 1 aliphatic rings. The predicted molar refractivity (Wildman–Crippen MR) is 110 cm³/mol. The van der Waals surface area contributed by atoms with Crippen LogP contribution in [-0.4, -0.2) is 20.7 Å². The molecule has 0 amide bonds. The molecular weight excluding hydrogens is 374 g/mol. The molecule has 138 valence electrons. The first-order valence-corrected chi connectivity index (χ1v) is 9.20. The van der Waals surface area contributed by atoms with Crippen molar-refractivity contribution in [3.8, 4) is 11.1 Å². The Morgan fingerprint density at radius 2 is 1.96 bits per heavy atom. The van der Waals surface area contributed by atoms with Crippen LogP contribution < -0.4 is 5.56 Å². The van der Waals surface area contributed by atoms with E-state index in [1.54, 1.807) is 18.5 Å². The number of hydrogen-bond donors (Lipinski definition) is 1. The van der Waals surface area contributed by atoms with Gasteiger partial charge in [0.2, 0.25) is 0 Å². The van der Waals surface area contributed by atoms with Crippen molar-refractivity contribution in [3.63, 3.8) is 0 Å². The molecule has 6 heteroatoms. The van der Waals surface area contributed by atoms with E-state index in [0.29, 0.717) is 29.1 Å². The van der Waals surface area contributed by atoms with Crippen molar-refractivity contribution < 1.29 is 4.79 Å². The minimum absolute atomic E-state index is 0.0905. The molecule has 3 aromatic rings. The number of rotatable bonds is 4. The Bertz CT molecular complexity index is 1150. The van der Waals surface area contributed by atoms with Gasteiger partial charge in [-0.25, -0.2) is 0 Å². The summed E-state index contributed by atoms with van der Waals surface area (Å²) in [6, 6.07) is 9.41. The first-order valence-electron chi connectivity index (χ1n) is 8.82. The molecule has 0 unspecified atom stereocenters. The van der Waals surface area contributed by atoms with Crippen LogP contribution in [0.3, 0.4) is 0 Å². The van der Waals surface area contributed by atoms with Gasteiger partial charge in [0.15, 0.2) is 5.78 Å². The van der Waals surface area contributed by atoms with Gasteiger partial charge in [0, 0.05) is 34.2 Å². The molecule has 4 rings (SSSR count). The predicted octanol–water partition coefficient (Wildman–Crippen LogP) is 4.25. The lowest BCUT2D eigenvalue weighted by atomic mass is 9.89. The fraction of sp³-hybridized carbons (Fsp3) is 0.0909. The van der Waals surface area contributed by atoms with Crippen LogP contribution in [0.25, 0.3) is 23.3 Å². The fourth-order valence-electron chi connectivity index (χ4n) is 3.28. The standard InChI is InChI=1S/C22H16ClN3O2/c23-15-6-8-18-17(12-15)20(14-4-2-1-3-5-14)21(22(28)26-18)19(27)9-7-16-13-24-10-11-25-16/h1-5,7,9-13H,6,8H2,(H,26,28)/b9-7+. The summed E-state index contributed by atoms with van der Waals surface area (Å²) in [6.45, 7) is 0. The minimum Gasteiger partial charge on any atom is -0.325 e. The third-order valence-corrected chi connectivity index (χ3v) is 4.85. The topological polar surface area (TPSA) is 75.7 Å². The van der Waals surface area contributed by atoms with E-state index in [1.165, 1.54) is 12.3 Å². The number of pyridine rings is 1. The van der Waals surface area contributed by atoms with E-state index in [2.05, 4.69) is 15.0 Å². The lowest BCUT2D eigenvalue weighted by Gasteiger charge is -2.19. The van der Waals surface area contributed by atoms with Gasteiger partial charge in [-0.1, -0.05) is 41.9 Å². The van der Waals surface area contributed by atoms with Crippen molar-refractivity contribution in [2.75, 3.05) is 0 Å². The van der Waals surface area contributed by atoms with Crippen molar-refractivity contribution in [1.82, 2.24) is 15.0 Å². The van der Waals surface area contributed by atoms with Gasteiger partial charge in [0.25, 0.3) is 5.56 Å². The van der Waals surface area contributed by atoms with Crippen LogP contribution in [0.15, 0.2) is 64.8 Å². The highest BCUT2D eigenvalue weighted by Gasteiger charge is 2.23. The van der Waals surface area contributed by atoms with Crippen molar-refractivity contribution in [2.24, 2.45) is 0 Å². The number of halogens is 1. The Morgan fingerprint density at radius 3 is 2.71 bits per heavy atom. The second-order valence-corrected chi connectivity index (χ2v) is 6.87. The first-order chi connectivity index (χ1) is 13.6. The van der Waals surface area contributed by atoms with E-state index in [0.717, 1.165) is 16.8 Å². The zero-order valence-electron chi connectivity index (χ0n) is 14.9. The molecule has 0 saturated carbocycles. The van der Waals surface area contributed by atoms with E-state index >= 15 is 0 Å². The summed E-state index contributed by atoms with van der Waals surface area (Å²) >= 11 is 6.27. The van der Waals surface area contributed by atoms with E-state index in [1.807, 2.05) is 36.4 Å². The second kappa shape index (κ2) is 7.74. The maximum Gasteiger partial charge on any atom is 0.260 e. The molecule has 0 atom stereocenters. The van der Waals surface area contributed by atoms with Crippen molar-refractivity contribution >= 4 is 29.5 Å². The number of benzene rings is 1. The molecule has 2 heterocycles. The molecule has 0 radical (unpaired) electrons. The number of fused-ring (bicyclic) bond motifs is 1. The summed E-state index contributed by atoms with van der Waals surface area (Å²) in [5, 5.41) is 0.699. The van der Waals surface area contributed by atoms with E-state index in [9.17, 15) is 9.59 Å². The lowest BCUT2D eigenvalue weighted by Crippen LogP contribution is -2.22. The minimum atomic E-state index is -0.405. The first kappa shape index (κ1) is 18.1. The number of carbonyl (C=O) groups is 1. The van der Waals surface area contributed by atoms with Crippen molar-refractivity contribution in [1.29, 1.82) is 0 Å². The smallest absolute Gasteiger partial charge is 0.260 e. The highest BCUT2D eigenvalue weighted by Crippen LogP contribution is 2.34. The van der Waals surface area contributed by atoms with Gasteiger partial charge in [-0.3, -0.25) is 19.6 Å². The molecule has 1 N–H and O–H groups in total. The number of carbonyl (C=O) groups excluding carboxylic acids is 1. The zero-order valence-corrected chi connectivity index (χ0v) is 15.6. The summed E-state index contributed by atoms with van der Waals surface area (Å²) in [5.41, 5.74) is 3.20. The van der Waals surface area contributed by atoms with E-state index < -0.39 is 11.3 Å². The van der Waals surface area contributed by atoms with Crippen LogP contribution in [0.5, 0.6) is 0 Å². The van der Waals surface area contributed by atoms with Gasteiger partial charge in [-0.15, -0.1) is 0 Å². The Kier molecular flexibility index (Phi) is 5.00. The highest BCUT2D eigenvalue weighted by atomic mass is 35.5. The van der Waals surface area contributed by atoms with Crippen LogP contribution in [0.2, 0.25) is 0 Å². The largest absolute Gasteiger partial charge is 0.325 e. The van der Waals surface area contributed by atoms with Gasteiger partial charge < -0.3 is 4.98 Å². The third-order valence-electron chi connectivity index (χ3n) is 4.55. The average molecular weight is 390 g/mol. The molecule has 0 aliphatic heterocycles. The van der Waals surface area contributed by atoms with Gasteiger partial charge >= 0.3 is 0 Å². The van der Waals surface area contributed by atoms with Gasteiger partial charge in [0.05, 0.1) is 17.5 Å². The summed E-state index contributed by atoms with van der Waals surface area (Å²) in [5.74, 6) is -0.399. The van der Waals surface area contributed by atoms with Crippen LogP contribution in [-0.2, 0) is 6.42 Å². The molecule has 2 aromatic heterocycles. The number of aromatic amines is 1. The quantitative estimate of drug-likeness (QED) is 0.534. The monoisotopic (exact) mass is 389 g/mol.